The molecular weight excluding hydrogens is 360 g/mol. The maximum Gasteiger partial charge on any atom is 0.136 e. The lowest BCUT2D eigenvalue weighted by Crippen LogP contribution is -2.52. The number of pyridine rings is 1. The Hall–Kier alpha value is -1.44. The molecule has 0 aliphatic rings. The number of rotatable bonds is 10. The van der Waals surface area contributed by atoms with Crippen LogP contribution in [0.2, 0.25) is 0 Å². The molecule has 1 unspecified atom stereocenters. The molecule has 0 fully saturated rings. The SMILES string of the molecule is CO[C@@H](COCc1ccccc1)[C@@H](Cc1ccccn1)N[S+]([O-])C(C)(C)C. The van der Waals surface area contributed by atoms with E-state index in [1.165, 1.54) is 0 Å². The van der Waals surface area contributed by atoms with Crippen LogP contribution in [0.1, 0.15) is 32.0 Å². The molecule has 0 saturated carbocycles. The molecule has 6 heteroatoms. The number of benzene rings is 1. The summed E-state index contributed by atoms with van der Waals surface area (Å²) in [6, 6.07) is 15.6. The smallest absolute Gasteiger partial charge is 0.136 e. The van der Waals surface area contributed by atoms with Gasteiger partial charge in [-0.05, 0) is 38.5 Å². The highest BCUT2D eigenvalue weighted by atomic mass is 32.2. The Bertz CT molecular complexity index is 649. The third-order valence-electron chi connectivity index (χ3n) is 4.12. The summed E-state index contributed by atoms with van der Waals surface area (Å²) < 4.78 is 27.1. The zero-order valence-corrected chi connectivity index (χ0v) is 17.4. The Labute approximate surface area is 165 Å². The van der Waals surface area contributed by atoms with E-state index in [0.29, 0.717) is 19.6 Å². The van der Waals surface area contributed by atoms with Gasteiger partial charge in [0.05, 0.1) is 19.3 Å². The molecule has 1 aromatic heterocycles. The van der Waals surface area contributed by atoms with Crippen LogP contribution in [-0.2, 0) is 33.9 Å². The van der Waals surface area contributed by atoms with Gasteiger partial charge >= 0.3 is 0 Å². The first-order valence-electron chi connectivity index (χ1n) is 9.12. The van der Waals surface area contributed by atoms with E-state index in [9.17, 15) is 4.55 Å². The molecule has 2 aromatic rings. The molecule has 0 aliphatic heterocycles. The summed E-state index contributed by atoms with van der Waals surface area (Å²) in [7, 11) is 1.66. The normalized spacial score (nSPS) is 15.3. The summed E-state index contributed by atoms with van der Waals surface area (Å²) in [5, 5.41) is 0. The summed E-state index contributed by atoms with van der Waals surface area (Å²) >= 11 is -1.22. The molecule has 5 nitrogen and oxygen atoms in total. The molecule has 0 bridgehead atoms. The first-order valence-corrected chi connectivity index (χ1v) is 10.3. The zero-order valence-electron chi connectivity index (χ0n) is 16.6. The first kappa shape index (κ1) is 21.9. The molecule has 0 amide bonds. The molecule has 3 atom stereocenters. The maximum atomic E-state index is 12.7. The van der Waals surface area contributed by atoms with E-state index >= 15 is 0 Å². The van der Waals surface area contributed by atoms with Gasteiger partial charge in [0.15, 0.2) is 0 Å². The summed E-state index contributed by atoms with van der Waals surface area (Å²) in [6.45, 7) is 6.75. The Morgan fingerprint density at radius 3 is 2.41 bits per heavy atom. The Kier molecular flexibility index (Phi) is 8.73. The van der Waals surface area contributed by atoms with Crippen LogP contribution >= 0.6 is 0 Å². The van der Waals surface area contributed by atoms with Crippen molar-refractivity contribution in [3.05, 3.63) is 66.0 Å². The molecule has 148 valence electrons. The number of methoxy groups -OCH3 is 1. The topological polar surface area (TPSA) is 66.4 Å². The minimum atomic E-state index is -1.22. The molecule has 1 N–H and O–H groups in total. The van der Waals surface area contributed by atoms with Crippen LogP contribution in [-0.4, -0.2) is 40.1 Å². The predicted octanol–water partition coefficient (Wildman–Crippen LogP) is 3.28. The van der Waals surface area contributed by atoms with Gasteiger partial charge in [-0.15, -0.1) is 4.72 Å². The van der Waals surface area contributed by atoms with Gasteiger partial charge in [0, 0.05) is 36.8 Å². The minimum absolute atomic E-state index is 0.180. The van der Waals surface area contributed by atoms with Gasteiger partial charge < -0.3 is 14.0 Å². The van der Waals surface area contributed by atoms with Crippen molar-refractivity contribution >= 4 is 11.4 Å². The fourth-order valence-electron chi connectivity index (χ4n) is 2.52. The Morgan fingerprint density at radius 1 is 1.11 bits per heavy atom. The van der Waals surface area contributed by atoms with Crippen LogP contribution in [0.25, 0.3) is 0 Å². The van der Waals surface area contributed by atoms with Crippen LogP contribution in [0.3, 0.4) is 0 Å². The van der Waals surface area contributed by atoms with Crippen LogP contribution < -0.4 is 4.72 Å². The number of ether oxygens (including phenoxy) is 2. The van der Waals surface area contributed by atoms with E-state index in [1.54, 1.807) is 13.3 Å². The van der Waals surface area contributed by atoms with Crippen molar-refractivity contribution in [1.29, 1.82) is 0 Å². The van der Waals surface area contributed by atoms with E-state index in [0.717, 1.165) is 11.3 Å². The van der Waals surface area contributed by atoms with E-state index in [4.69, 9.17) is 9.47 Å². The van der Waals surface area contributed by atoms with Crippen LogP contribution in [0.4, 0.5) is 0 Å². The third-order valence-corrected chi connectivity index (χ3v) is 5.74. The molecule has 1 aromatic carbocycles. The number of hydrogen-bond donors (Lipinski definition) is 1. The van der Waals surface area contributed by atoms with Crippen LogP contribution in [0.15, 0.2) is 54.7 Å². The number of hydrogen-bond acceptors (Lipinski definition) is 5. The lowest BCUT2D eigenvalue weighted by atomic mass is 10.1. The van der Waals surface area contributed by atoms with Gasteiger partial charge in [-0.1, -0.05) is 36.4 Å². The van der Waals surface area contributed by atoms with Gasteiger partial charge in [-0.25, -0.2) is 0 Å². The summed E-state index contributed by atoms with van der Waals surface area (Å²) in [6.07, 6.45) is 2.12. The predicted molar refractivity (Wildman–Crippen MR) is 110 cm³/mol. The standard InChI is InChI=1S/C21H30N2O3S/c1-21(2,3)27(24)23-19(14-18-12-8-9-13-22-18)20(25-4)16-26-15-17-10-6-5-7-11-17/h5-13,19-20,23H,14-16H2,1-4H3/t19-,20+,27?/m1/s1. The second kappa shape index (κ2) is 10.8. The second-order valence-corrected chi connectivity index (χ2v) is 9.40. The van der Waals surface area contributed by atoms with Crippen molar-refractivity contribution in [3.63, 3.8) is 0 Å². The average molecular weight is 391 g/mol. The Morgan fingerprint density at radius 2 is 1.81 bits per heavy atom. The highest BCUT2D eigenvalue weighted by molar-refractivity contribution is 7.90. The van der Waals surface area contributed by atoms with Crippen LogP contribution in [0, 0.1) is 0 Å². The van der Waals surface area contributed by atoms with Crippen molar-refractivity contribution in [2.75, 3.05) is 13.7 Å². The van der Waals surface area contributed by atoms with Crippen molar-refractivity contribution in [3.8, 4) is 0 Å². The van der Waals surface area contributed by atoms with Gasteiger partial charge in [-0.2, -0.15) is 0 Å². The number of nitrogens with one attached hydrogen (secondary N) is 1. The van der Waals surface area contributed by atoms with E-state index in [1.807, 2.05) is 69.3 Å². The lowest BCUT2D eigenvalue weighted by molar-refractivity contribution is -0.0134. The molecule has 2 rings (SSSR count). The number of aromatic nitrogens is 1. The largest absolute Gasteiger partial charge is 0.598 e. The molecular formula is C21H30N2O3S. The monoisotopic (exact) mass is 390 g/mol. The van der Waals surface area contributed by atoms with Crippen molar-refractivity contribution < 1.29 is 14.0 Å². The number of nitrogens with zero attached hydrogens (tertiary/aromatic N) is 1. The highest BCUT2D eigenvalue weighted by Gasteiger charge is 2.33. The highest BCUT2D eigenvalue weighted by Crippen LogP contribution is 2.17. The second-order valence-electron chi connectivity index (χ2n) is 7.41. The van der Waals surface area contributed by atoms with Gasteiger partial charge in [0.25, 0.3) is 0 Å². The summed E-state index contributed by atoms with van der Waals surface area (Å²) in [5.74, 6) is 0. The maximum absolute atomic E-state index is 12.7. The Balaban J connectivity index is 2.03. The third kappa shape index (κ3) is 7.60. The molecule has 0 radical (unpaired) electrons. The van der Waals surface area contributed by atoms with Crippen molar-refractivity contribution in [1.82, 2.24) is 9.71 Å². The molecule has 0 saturated heterocycles. The fourth-order valence-corrected chi connectivity index (χ4v) is 3.39. The fraction of sp³-hybridized carbons (Fsp3) is 0.476. The molecule has 1 heterocycles. The summed E-state index contributed by atoms with van der Waals surface area (Å²) in [5.41, 5.74) is 2.03. The van der Waals surface area contributed by atoms with Crippen molar-refractivity contribution in [2.24, 2.45) is 0 Å². The average Bonchev–Trinajstić information content (AvgIpc) is 2.65. The van der Waals surface area contributed by atoms with Gasteiger partial charge in [-0.3, -0.25) is 4.98 Å². The van der Waals surface area contributed by atoms with E-state index < -0.39 is 11.4 Å². The molecule has 0 spiro atoms. The van der Waals surface area contributed by atoms with E-state index in [-0.39, 0.29) is 16.9 Å². The van der Waals surface area contributed by atoms with Crippen molar-refractivity contribution in [2.45, 2.75) is 50.7 Å². The lowest BCUT2D eigenvalue weighted by Gasteiger charge is -2.31. The van der Waals surface area contributed by atoms with Gasteiger partial charge in [0.2, 0.25) is 0 Å². The summed E-state index contributed by atoms with van der Waals surface area (Å²) in [4.78, 5) is 4.40. The first-order chi connectivity index (χ1) is 12.9. The quantitative estimate of drug-likeness (QED) is 0.631. The molecule has 0 aliphatic carbocycles. The minimum Gasteiger partial charge on any atom is -0.598 e. The van der Waals surface area contributed by atoms with Crippen LogP contribution in [0.5, 0.6) is 0 Å². The van der Waals surface area contributed by atoms with E-state index in [2.05, 4.69) is 9.71 Å². The zero-order chi connectivity index (χ0) is 19.7. The molecule has 27 heavy (non-hydrogen) atoms. The van der Waals surface area contributed by atoms with Gasteiger partial charge in [0.1, 0.15) is 10.9 Å².